The van der Waals surface area contributed by atoms with E-state index in [1.807, 2.05) is 24.3 Å². The Bertz CT molecular complexity index is 744. The fourth-order valence-corrected chi connectivity index (χ4v) is 7.00. The molecular weight excluding hydrogens is 465 g/mol. The van der Waals surface area contributed by atoms with Gasteiger partial charge in [0.15, 0.2) is 0 Å². The Morgan fingerprint density at radius 2 is 0.966 bits per heavy atom. The van der Waals surface area contributed by atoms with Gasteiger partial charge in [0.25, 0.3) is 0 Å². The lowest BCUT2D eigenvalue weighted by molar-refractivity contribution is 0.322. The highest BCUT2D eigenvalue weighted by Crippen LogP contribution is 2.27. The standard InChI is InChI=1S/C20H26O4S5/c21-9-11-25-13-15-27-17-1-5-19(6-2-17)29(23,24)20-7-3-18(4-8-20)28-16-14-26-12-10-22/h1-8,21-22H,9-16H2. The summed E-state index contributed by atoms with van der Waals surface area (Å²) in [5.74, 6) is 5.25. The van der Waals surface area contributed by atoms with Crippen LogP contribution in [-0.4, -0.2) is 66.4 Å². The number of aliphatic hydroxyl groups is 2. The van der Waals surface area contributed by atoms with Gasteiger partial charge in [-0.3, -0.25) is 0 Å². The molecule has 2 N–H and O–H groups in total. The average molecular weight is 491 g/mol. The van der Waals surface area contributed by atoms with E-state index in [4.69, 9.17) is 10.2 Å². The SMILES string of the molecule is O=S(=O)(c1ccc(SCCSCCO)cc1)c1ccc(SCCSCCO)cc1. The zero-order valence-electron chi connectivity index (χ0n) is 16.0. The van der Waals surface area contributed by atoms with E-state index in [2.05, 4.69) is 0 Å². The van der Waals surface area contributed by atoms with Crippen LogP contribution >= 0.6 is 47.0 Å². The maximum atomic E-state index is 12.9. The second-order valence-corrected chi connectivity index (χ2v) is 12.6. The molecule has 2 rings (SSSR count). The summed E-state index contributed by atoms with van der Waals surface area (Å²) in [4.78, 5) is 2.69. The summed E-state index contributed by atoms with van der Waals surface area (Å²) in [6.45, 7) is 0.399. The zero-order valence-corrected chi connectivity index (χ0v) is 20.1. The van der Waals surface area contributed by atoms with Crippen molar-refractivity contribution < 1.29 is 18.6 Å². The Hall–Kier alpha value is -0.290. The maximum absolute atomic E-state index is 12.9. The highest BCUT2D eigenvalue weighted by Gasteiger charge is 2.17. The molecule has 9 heteroatoms. The third-order valence-electron chi connectivity index (χ3n) is 3.73. The number of sulfone groups is 1. The van der Waals surface area contributed by atoms with E-state index in [0.717, 1.165) is 44.3 Å². The van der Waals surface area contributed by atoms with E-state index in [-0.39, 0.29) is 13.2 Å². The number of benzene rings is 2. The highest BCUT2D eigenvalue weighted by atomic mass is 32.2. The van der Waals surface area contributed by atoms with Crippen molar-refractivity contribution in [2.75, 3.05) is 47.7 Å². The smallest absolute Gasteiger partial charge is 0.206 e. The lowest BCUT2D eigenvalue weighted by Gasteiger charge is -2.07. The molecule has 0 atom stereocenters. The van der Waals surface area contributed by atoms with E-state index >= 15 is 0 Å². The van der Waals surface area contributed by atoms with Crippen LogP contribution in [0.5, 0.6) is 0 Å². The topological polar surface area (TPSA) is 74.6 Å². The fourth-order valence-electron chi connectivity index (χ4n) is 2.34. The predicted octanol–water partition coefficient (Wildman–Crippen LogP) is 4.15. The first kappa shape index (κ1) is 25.0. The lowest BCUT2D eigenvalue weighted by Crippen LogP contribution is -2.01. The summed E-state index contributed by atoms with van der Waals surface area (Å²) in [6, 6.07) is 14.1. The minimum Gasteiger partial charge on any atom is -0.396 e. The van der Waals surface area contributed by atoms with Crippen LogP contribution in [0.15, 0.2) is 68.1 Å². The second kappa shape index (κ2) is 13.9. The Kier molecular flexibility index (Phi) is 12.0. The number of hydrogen-bond acceptors (Lipinski definition) is 8. The molecule has 160 valence electrons. The quantitative estimate of drug-likeness (QED) is 0.302. The second-order valence-electron chi connectivity index (χ2n) is 5.82. The largest absolute Gasteiger partial charge is 0.396 e. The third kappa shape index (κ3) is 8.77. The minimum atomic E-state index is -3.52. The Labute approximate surface area is 190 Å². The van der Waals surface area contributed by atoms with Gasteiger partial charge in [-0.25, -0.2) is 8.42 Å². The molecule has 0 spiro atoms. The Morgan fingerprint density at radius 1 is 0.586 bits per heavy atom. The van der Waals surface area contributed by atoms with Crippen molar-refractivity contribution in [2.45, 2.75) is 19.6 Å². The normalized spacial score (nSPS) is 11.7. The van der Waals surface area contributed by atoms with Crippen LogP contribution in [0.3, 0.4) is 0 Å². The van der Waals surface area contributed by atoms with E-state index in [9.17, 15) is 8.42 Å². The van der Waals surface area contributed by atoms with Crippen LogP contribution in [0.4, 0.5) is 0 Å². The molecule has 4 nitrogen and oxygen atoms in total. The monoisotopic (exact) mass is 490 g/mol. The summed E-state index contributed by atoms with van der Waals surface area (Å²) >= 11 is 6.78. The van der Waals surface area contributed by atoms with Gasteiger partial charge >= 0.3 is 0 Å². The lowest BCUT2D eigenvalue weighted by atomic mass is 10.4. The van der Waals surface area contributed by atoms with Crippen molar-refractivity contribution in [1.29, 1.82) is 0 Å². The summed E-state index contributed by atoms with van der Waals surface area (Å²) in [5, 5.41) is 17.5. The molecule has 0 aliphatic carbocycles. The summed E-state index contributed by atoms with van der Waals surface area (Å²) in [5.41, 5.74) is 0. The number of aliphatic hydroxyl groups excluding tert-OH is 2. The maximum Gasteiger partial charge on any atom is 0.206 e. The summed E-state index contributed by atoms with van der Waals surface area (Å²) in [7, 11) is -3.52. The van der Waals surface area contributed by atoms with Gasteiger partial charge in [-0.05, 0) is 48.5 Å². The van der Waals surface area contributed by atoms with Crippen LogP contribution in [0.2, 0.25) is 0 Å². The van der Waals surface area contributed by atoms with E-state index < -0.39 is 9.84 Å². The third-order valence-corrected chi connectivity index (χ3v) is 9.99. The first-order valence-corrected chi connectivity index (χ1v) is 14.9. The first-order chi connectivity index (χ1) is 14.1. The van der Waals surface area contributed by atoms with Gasteiger partial charge in [0.2, 0.25) is 9.84 Å². The van der Waals surface area contributed by atoms with Crippen LogP contribution in [-0.2, 0) is 9.84 Å². The molecule has 0 bridgehead atoms. The molecule has 0 fully saturated rings. The molecule has 0 unspecified atom stereocenters. The van der Waals surface area contributed by atoms with Crippen molar-refractivity contribution >= 4 is 56.9 Å². The van der Waals surface area contributed by atoms with Gasteiger partial charge in [0.1, 0.15) is 0 Å². The fraction of sp³-hybridized carbons (Fsp3) is 0.400. The Morgan fingerprint density at radius 3 is 1.31 bits per heavy atom. The van der Waals surface area contributed by atoms with Crippen molar-refractivity contribution in [2.24, 2.45) is 0 Å². The van der Waals surface area contributed by atoms with Crippen LogP contribution in [0.1, 0.15) is 0 Å². The molecular formula is C20H26O4S5. The molecule has 2 aromatic carbocycles. The minimum absolute atomic E-state index is 0.200. The molecule has 0 saturated heterocycles. The first-order valence-electron chi connectivity index (χ1n) is 9.16. The Balaban J connectivity index is 1.90. The van der Waals surface area contributed by atoms with Gasteiger partial charge in [-0.15, -0.1) is 23.5 Å². The van der Waals surface area contributed by atoms with E-state index in [1.165, 1.54) is 0 Å². The molecule has 29 heavy (non-hydrogen) atoms. The molecule has 0 aliphatic heterocycles. The highest BCUT2D eigenvalue weighted by molar-refractivity contribution is 8.03. The molecule has 0 aromatic heterocycles. The van der Waals surface area contributed by atoms with Crippen LogP contribution in [0, 0.1) is 0 Å². The van der Waals surface area contributed by atoms with E-state index in [1.54, 1.807) is 71.3 Å². The predicted molar refractivity (Wildman–Crippen MR) is 129 cm³/mol. The van der Waals surface area contributed by atoms with Crippen molar-refractivity contribution in [3.63, 3.8) is 0 Å². The number of hydrogen-bond donors (Lipinski definition) is 2. The van der Waals surface area contributed by atoms with Crippen molar-refractivity contribution in [1.82, 2.24) is 0 Å². The van der Waals surface area contributed by atoms with Gasteiger partial charge in [0.05, 0.1) is 23.0 Å². The zero-order chi connectivity index (χ0) is 21.0. The number of rotatable bonds is 14. The average Bonchev–Trinajstić information content (AvgIpc) is 2.74. The van der Waals surface area contributed by atoms with Crippen LogP contribution in [0.25, 0.3) is 0 Å². The van der Waals surface area contributed by atoms with E-state index in [0.29, 0.717) is 9.79 Å². The summed E-state index contributed by atoms with van der Waals surface area (Å²) < 4.78 is 25.7. The molecule has 2 aromatic rings. The summed E-state index contributed by atoms with van der Waals surface area (Å²) in [6.07, 6.45) is 0. The molecule has 0 radical (unpaired) electrons. The molecule has 0 saturated carbocycles. The van der Waals surface area contributed by atoms with Crippen molar-refractivity contribution in [3.8, 4) is 0 Å². The van der Waals surface area contributed by atoms with Crippen LogP contribution < -0.4 is 0 Å². The van der Waals surface area contributed by atoms with Gasteiger partial charge in [-0.2, -0.15) is 23.5 Å². The molecule has 0 heterocycles. The van der Waals surface area contributed by atoms with Gasteiger partial charge < -0.3 is 10.2 Å². The van der Waals surface area contributed by atoms with Crippen molar-refractivity contribution in [3.05, 3.63) is 48.5 Å². The van der Waals surface area contributed by atoms with Gasteiger partial charge in [-0.1, -0.05) is 0 Å². The molecule has 0 aliphatic rings. The molecule has 0 amide bonds. The van der Waals surface area contributed by atoms with Gasteiger partial charge in [0, 0.05) is 44.3 Å². The number of thioether (sulfide) groups is 4.